The van der Waals surface area contributed by atoms with Gasteiger partial charge in [-0.3, -0.25) is 4.79 Å². The lowest BCUT2D eigenvalue weighted by Gasteiger charge is -2.23. The van der Waals surface area contributed by atoms with E-state index in [1.54, 1.807) is 44.4 Å². The van der Waals surface area contributed by atoms with Crippen LogP contribution in [-0.4, -0.2) is 62.4 Å². The maximum absolute atomic E-state index is 12.3. The Labute approximate surface area is 174 Å². The van der Waals surface area contributed by atoms with Gasteiger partial charge < -0.3 is 28.4 Å². The van der Waals surface area contributed by atoms with Crippen LogP contribution in [0.15, 0.2) is 22.7 Å². The first-order valence-corrected chi connectivity index (χ1v) is 9.84. The summed E-state index contributed by atoms with van der Waals surface area (Å²) in [6.07, 6.45) is 1.97. The molecular formula is C20H25ClN2O6. The number of rotatable bonds is 9. The Bertz CT molecular complexity index is 809. The topological polar surface area (TPSA) is 83.3 Å². The fourth-order valence-electron chi connectivity index (χ4n) is 3.31. The Kier molecular flexibility index (Phi) is 7.22. The van der Waals surface area contributed by atoms with Crippen molar-refractivity contribution in [3.8, 4) is 28.6 Å². The van der Waals surface area contributed by atoms with Crippen LogP contribution in [0.3, 0.4) is 0 Å². The van der Waals surface area contributed by atoms with Crippen LogP contribution in [0.5, 0.6) is 17.2 Å². The van der Waals surface area contributed by atoms with Crippen LogP contribution in [0.4, 0.5) is 0 Å². The van der Waals surface area contributed by atoms with Gasteiger partial charge in [0.1, 0.15) is 11.6 Å². The molecule has 1 fully saturated rings. The summed E-state index contributed by atoms with van der Waals surface area (Å²) >= 11 is 5.78. The highest BCUT2D eigenvalue weighted by Crippen LogP contribution is 2.41. The normalized spacial score (nSPS) is 15.9. The smallest absolute Gasteiger partial charge is 0.237 e. The van der Waals surface area contributed by atoms with Crippen molar-refractivity contribution in [1.82, 2.24) is 10.1 Å². The van der Waals surface area contributed by atoms with Gasteiger partial charge in [0.15, 0.2) is 17.3 Å². The lowest BCUT2D eigenvalue weighted by Crippen LogP contribution is -2.37. The van der Waals surface area contributed by atoms with E-state index in [0.717, 1.165) is 19.4 Å². The van der Waals surface area contributed by atoms with Gasteiger partial charge in [-0.1, -0.05) is 5.16 Å². The number of hydrogen-bond acceptors (Lipinski definition) is 7. The minimum atomic E-state index is -0.167. The average Bonchev–Trinajstić information content (AvgIpc) is 3.43. The van der Waals surface area contributed by atoms with Crippen molar-refractivity contribution in [2.24, 2.45) is 0 Å². The molecule has 0 bridgehead atoms. The van der Waals surface area contributed by atoms with Crippen LogP contribution in [0.2, 0.25) is 0 Å². The van der Waals surface area contributed by atoms with Gasteiger partial charge in [0.2, 0.25) is 11.7 Å². The molecule has 8 nitrogen and oxygen atoms in total. The quantitative estimate of drug-likeness (QED) is 0.572. The summed E-state index contributed by atoms with van der Waals surface area (Å²) in [6.45, 7) is 1.50. The van der Waals surface area contributed by atoms with Crippen LogP contribution >= 0.6 is 11.6 Å². The van der Waals surface area contributed by atoms with Crippen molar-refractivity contribution in [2.45, 2.75) is 25.5 Å². The number of halogens is 1. The Morgan fingerprint density at radius 2 is 1.93 bits per heavy atom. The SMILES string of the molecule is COc1cc(-c2cc(CN(C[C@H]3CCCO3)C(=O)CCl)no2)cc(OC)c1OC. The van der Waals surface area contributed by atoms with E-state index in [9.17, 15) is 4.79 Å². The minimum absolute atomic E-state index is 0.0312. The summed E-state index contributed by atoms with van der Waals surface area (Å²) in [5, 5.41) is 4.11. The second kappa shape index (κ2) is 9.84. The molecule has 1 aromatic carbocycles. The van der Waals surface area contributed by atoms with Crippen LogP contribution in [0, 0.1) is 0 Å². The van der Waals surface area contributed by atoms with Gasteiger partial charge in [-0.05, 0) is 25.0 Å². The van der Waals surface area contributed by atoms with Gasteiger partial charge in [-0.15, -0.1) is 11.6 Å². The number of nitrogens with zero attached hydrogens (tertiary/aromatic N) is 2. The molecule has 158 valence electrons. The van der Waals surface area contributed by atoms with Gasteiger partial charge in [-0.2, -0.15) is 0 Å². The Hall–Kier alpha value is -2.45. The number of amides is 1. The molecule has 29 heavy (non-hydrogen) atoms. The number of aromatic nitrogens is 1. The number of carbonyl (C=O) groups excluding carboxylic acids is 1. The third-order valence-electron chi connectivity index (χ3n) is 4.78. The number of benzene rings is 1. The standard InChI is InChI=1S/C20H25ClN2O6/c1-25-17-7-13(8-18(26-2)20(17)27-3)16-9-14(22-29-16)11-23(19(24)10-21)12-15-5-4-6-28-15/h7-9,15H,4-6,10-12H2,1-3H3/t15-/m1/s1. The minimum Gasteiger partial charge on any atom is -0.493 e. The van der Waals surface area contributed by atoms with Crippen molar-refractivity contribution >= 4 is 17.5 Å². The summed E-state index contributed by atoms with van der Waals surface area (Å²) in [5.41, 5.74) is 1.33. The van der Waals surface area contributed by atoms with Crippen molar-refractivity contribution < 1.29 is 28.3 Å². The summed E-state index contributed by atoms with van der Waals surface area (Å²) in [5.74, 6) is 1.78. The highest BCUT2D eigenvalue weighted by Gasteiger charge is 2.24. The summed E-state index contributed by atoms with van der Waals surface area (Å²) in [4.78, 5) is 13.9. The summed E-state index contributed by atoms with van der Waals surface area (Å²) in [6, 6.07) is 5.34. The van der Waals surface area contributed by atoms with E-state index in [2.05, 4.69) is 5.16 Å². The fraction of sp³-hybridized carbons (Fsp3) is 0.500. The fourth-order valence-corrected chi connectivity index (χ4v) is 3.48. The van der Waals surface area contributed by atoms with Crippen molar-refractivity contribution in [3.05, 3.63) is 23.9 Å². The first kappa shape index (κ1) is 21.3. The van der Waals surface area contributed by atoms with Gasteiger partial charge in [-0.25, -0.2) is 0 Å². The Balaban J connectivity index is 1.81. The van der Waals surface area contributed by atoms with Gasteiger partial charge in [0.25, 0.3) is 0 Å². The Morgan fingerprint density at radius 1 is 1.21 bits per heavy atom. The molecule has 0 unspecified atom stereocenters. The summed E-state index contributed by atoms with van der Waals surface area (Å²) < 4.78 is 27.3. The number of carbonyl (C=O) groups is 1. The average molecular weight is 425 g/mol. The first-order valence-electron chi connectivity index (χ1n) is 9.30. The number of alkyl halides is 1. The predicted octanol–water partition coefficient (Wildman–Crippen LogP) is 3.11. The maximum atomic E-state index is 12.3. The molecule has 9 heteroatoms. The molecule has 2 heterocycles. The van der Waals surface area contributed by atoms with Gasteiger partial charge in [0.05, 0.1) is 34.0 Å². The Morgan fingerprint density at radius 3 is 2.48 bits per heavy atom. The van der Waals surface area contributed by atoms with Crippen molar-refractivity contribution in [2.75, 3.05) is 40.4 Å². The summed E-state index contributed by atoms with van der Waals surface area (Å²) in [7, 11) is 4.64. The van der Waals surface area contributed by atoms with E-state index >= 15 is 0 Å². The molecule has 0 saturated carbocycles. The van der Waals surface area contributed by atoms with E-state index in [1.165, 1.54) is 0 Å². The molecule has 2 aromatic rings. The predicted molar refractivity (Wildman–Crippen MR) is 107 cm³/mol. The van der Waals surface area contributed by atoms with E-state index < -0.39 is 0 Å². The molecule has 0 N–H and O–H groups in total. The maximum Gasteiger partial charge on any atom is 0.237 e. The molecule has 1 atom stereocenters. The van der Waals surface area contributed by atoms with Gasteiger partial charge in [0, 0.05) is 24.8 Å². The zero-order chi connectivity index (χ0) is 20.8. The third kappa shape index (κ3) is 4.94. The molecular weight excluding hydrogens is 400 g/mol. The zero-order valence-electron chi connectivity index (χ0n) is 16.8. The molecule has 1 saturated heterocycles. The second-order valence-corrected chi connectivity index (χ2v) is 6.91. The van der Waals surface area contributed by atoms with E-state index in [0.29, 0.717) is 47.4 Å². The number of ether oxygens (including phenoxy) is 4. The third-order valence-corrected chi connectivity index (χ3v) is 5.00. The highest BCUT2D eigenvalue weighted by atomic mass is 35.5. The van der Waals surface area contributed by atoms with Gasteiger partial charge >= 0.3 is 0 Å². The molecule has 1 aliphatic rings. The molecule has 1 amide bonds. The molecule has 0 radical (unpaired) electrons. The van der Waals surface area contributed by atoms with Crippen LogP contribution in [-0.2, 0) is 16.1 Å². The number of methoxy groups -OCH3 is 3. The molecule has 0 spiro atoms. The van der Waals surface area contributed by atoms with E-state index in [4.69, 9.17) is 35.1 Å². The molecule has 0 aliphatic carbocycles. The van der Waals surface area contributed by atoms with E-state index in [-0.39, 0.29) is 17.9 Å². The van der Waals surface area contributed by atoms with Crippen LogP contribution < -0.4 is 14.2 Å². The first-order chi connectivity index (χ1) is 14.1. The van der Waals surface area contributed by atoms with Crippen molar-refractivity contribution in [3.63, 3.8) is 0 Å². The lowest BCUT2D eigenvalue weighted by molar-refractivity contribution is -0.130. The van der Waals surface area contributed by atoms with Crippen molar-refractivity contribution in [1.29, 1.82) is 0 Å². The lowest BCUT2D eigenvalue weighted by atomic mass is 10.1. The molecule has 1 aliphatic heterocycles. The highest BCUT2D eigenvalue weighted by molar-refractivity contribution is 6.27. The van der Waals surface area contributed by atoms with Crippen LogP contribution in [0.1, 0.15) is 18.5 Å². The molecule has 1 aromatic heterocycles. The molecule has 3 rings (SSSR count). The van der Waals surface area contributed by atoms with E-state index in [1.807, 2.05) is 0 Å². The monoisotopic (exact) mass is 424 g/mol. The zero-order valence-corrected chi connectivity index (χ0v) is 17.5. The second-order valence-electron chi connectivity index (χ2n) is 6.64. The number of hydrogen-bond donors (Lipinski definition) is 0. The largest absolute Gasteiger partial charge is 0.493 e. The van der Waals surface area contributed by atoms with Crippen LogP contribution in [0.25, 0.3) is 11.3 Å².